The highest BCUT2D eigenvalue weighted by molar-refractivity contribution is 6.38. The summed E-state index contributed by atoms with van der Waals surface area (Å²) >= 11 is 0. The maximum Gasteiger partial charge on any atom is 0.375 e. The summed E-state index contributed by atoms with van der Waals surface area (Å²) in [5, 5.41) is 0. The molecule has 0 aliphatic heterocycles. The van der Waals surface area contributed by atoms with E-state index >= 15 is 0 Å². The second kappa shape index (κ2) is 6.63. The number of Topliss-reactive ketones (excluding diaryl/α,β-unsaturated/α-hetero) is 2. The number of hydrogen-bond acceptors (Lipinski definition) is 5. The van der Waals surface area contributed by atoms with Crippen molar-refractivity contribution >= 4 is 17.5 Å². The standard InChI is InChI=1S/C13H13FO5/c1-3-19-13(17)11(16)7-10(15)9-5-4-8(14)6-12(9)18-2/h4-6H,3,7H2,1-2H3. The van der Waals surface area contributed by atoms with Crippen LogP contribution in [-0.4, -0.2) is 31.3 Å². The van der Waals surface area contributed by atoms with Gasteiger partial charge < -0.3 is 9.47 Å². The number of methoxy groups -OCH3 is 1. The molecule has 5 nitrogen and oxygen atoms in total. The Morgan fingerprint density at radius 3 is 2.53 bits per heavy atom. The third-order valence-electron chi connectivity index (χ3n) is 2.29. The van der Waals surface area contributed by atoms with E-state index in [9.17, 15) is 18.8 Å². The van der Waals surface area contributed by atoms with Gasteiger partial charge in [0, 0.05) is 6.07 Å². The summed E-state index contributed by atoms with van der Waals surface area (Å²) in [6.45, 7) is 1.61. The summed E-state index contributed by atoms with van der Waals surface area (Å²) in [6, 6.07) is 3.31. The molecule has 0 bridgehead atoms. The molecular weight excluding hydrogens is 255 g/mol. The van der Waals surface area contributed by atoms with Crippen LogP contribution in [0.5, 0.6) is 5.75 Å². The molecule has 0 aliphatic rings. The molecule has 0 amide bonds. The topological polar surface area (TPSA) is 69.7 Å². The number of benzene rings is 1. The van der Waals surface area contributed by atoms with Crippen LogP contribution in [0.4, 0.5) is 4.39 Å². The van der Waals surface area contributed by atoms with Crippen molar-refractivity contribution < 1.29 is 28.2 Å². The van der Waals surface area contributed by atoms with Crippen molar-refractivity contribution in [1.82, 2.24) is 0 Å². The van der Waals surface area contributed by atoms with Crippen LogP contribution in [0.1, 0.15) is 23.7 Å². The molecule has 0 unspecified atom stereocenters. The second-order valence-corrected chi connectivity index (χ2v) is 3.59. The number of halogens is 1. The normalized spacial score (nSPS) is 9.84. The van der Waals surface area contributed by atoms with E-state index in [-0.39, 0.29) is 17.9 Å². The minimum absolute atomic E-state index is 0.0154. The molecule has 0 saturated heterocycles. The van der Waals surface area contributed by atoms with E-state index in [1.54, 1.807) is 6.92 Å². The zero-order valence-corrected chi connectivity index (χ0v) is 10.6. The molecular formula is C13H13FO5. The summed E-state index contributed by atoms with van der Waals surface area (Å²) < 4.78 is 22.3. The maximum absolute atomic E-state index is 13.0. The van der Waals surface area contributed by atoms with Crippen LogP contribution < -0.4 is 4.74 Å². The number of carbonyl (C=O) groups excluding carboxylic acids is 3. The van der Waals surface area contributed by atoms with Gasteiger partial charge in [-0.2, -0.15) is 0 Å². The van der Waals surface area contributed by atoms with Crippen LogP contribution in [0.2, 0.25) is 0 Å². The lowest BCUT2D eigenvalue weighted by Crippen LogP contribution is -2.20. The quantitative estimate of drug-likeness (QED) is 0.339. The van der Waals surface area contributed by atoms with Gasteiger partial charge in [-0.25, -0.2) is 9.18 Å². The third kappa shape index (κ3) is 3.87. The number of rotatable bonds is 6. The Hall–Kier alpha value is -2.24. The van der Waals surface area contributed by atoms with Gasteiger partial charge in [0.15, 0.2) is 5.78 Å². The summed E-state index contributed by atoms with van der Waals surface area (Å²) in [7, 11) is 1.28. The Kier molecular flexibility index (Phi) is 5.17. The fraction of sp³-hybridized carbons (Fsp3) is 0.308. The lowest BCUT2D eigenvalue weighted by atomic mass is 10.0. The highest BCUT2D eigenvalue weighted by atomic mass is 19.1. The Bertz CT molecular complexity index is 510. The fourth-order valence-electron chi connectivity index (χ4n) is 1.42. The van der Waals surface area contributed by atoms with Crippen LogP contribution in [0.3, 0.4) is 0 Å². The van der Waals surface area contributed by atoms with Crippen molar-refractivity contribution in [2.24, 2.45) is 0 Å². The minimum atomic E-state index is -1.06. The van der Waals surface area contributed by atoms with Crippen molar-refractivity contribution in [3.05, 3.63) is 29.6 Å². The minimum Gasteiger partial charge on any atom is -0.496 e. The van der Waals surface area contributed by atoms with Crippen LogP contribution in [0, 0.1) is 5.82 Å². The van der Waals surface area contributed by atoms with Crippen LogP contribution >= 0.6 is 0 Å². The van der Waals surface area contributed by atoms with Gasteiger partial charge in [0.25, 0.3) is 0 Å². The molecule has 102 valence electrons. The predicted molar refractivity (Wildman–Crippen MR) is 63.5 cm³/mol. The highest BCUT2D eigenvalue weighted by Gasteiger charge is 2.22. The van der Waals surface area contributed by atoms with E-state index in [0.29, 0.717) is 0 Å². The molecule has 0 N–H and O–H groups in total. The molecule has 0 saturated carbocycles. The number of hydrogen-bond donors (Lipinski definition) is 0. The van der Waals surface area contributed by atoms with E-state index in [1.807, 2.05) is 0 Å². The number of ketones is 2. The van der Waals surface area contributed by atoms with E-state index in [0.717, 1.165) is 12.1 Å². The molecule has 1 aromatic rings. The highest BCUT2D eigenvalue weighted by Crippen LogP contribution is 2.21. The third-order valence-corrected chi connectivity index (χ3v) is 2.29. The summed E-state index contributed by atoms with van der Waals surface area (Å²) in [4.78, 5) is 34.3. The molecule has 0 heterocycles. The molecule has 0 aliphatic carbocycles. The van der Waals surface area contributed by atoms with Crippen molar-refractivity contribution in [1.29, 1.82) is 0 Å². The second-order valence-electron chi connectivity index (χ2n) is 3.59. The van der Waals surface area contributed by atoms with Crippen LogP contribution in [0.25, 0.3) is 0 Å². The number of esters is 1. The molecule has 0 aromatic heterocycles. The molecule has 0 radical (unpaired) electrons. The first-order valence-electron chi connectivity index (χ1n) is 5.56. The molecule has 0 fully saturated rings. The van der Waals surface area contributed by atoms with E-state index in [2.05, 4.69) is 4.74 Å². The summed E-state index contributed by atoms with van der Waals surface area (Å²) in [6.07, 6.45) is -0.638. The predicted octanol–water partition coefficient (Wildman–Crippen LogP) is 1.54. The van der Waals surface area contributed by atoms with E-state index < -0.39 is 29.8 Å². The molecule has 0 spiro atoms. The average molecular weight is 268 g/mol. The molecule has 6 heteroatoms. The Labute approximate surface area is 109 Å². The number of ether oxygens (including phenoxy) is 2. The molecule has 1 aromatic carbocycles. The van der Waals surface area contributed by atoms with Crippen molar-refractivity contribution in [3.8, 4) is 5.75 Å². The fourth-order valence-corrected chi connectivity index (χ4v) is 1.42. The summed E-state index contributed by atoms with van der Waals surface area (Å²) in [5.74, 6) is -3.18. The lowest BCUT2D eigenvalue weighted by molar-refractivity contribution is -0.153. The molecule has 0 atom stereocenters. The average Bonchev–Trinajstić information content (AvgIpc) is 2.38. The van der Waals surface area contributed by atoms with Gasteiger partial charge in [-0.3, -0.25) is 9.59 Å². The van der Waals surface area contributed by atoms with Gasteiger partial charge in [0.1, 0.15) is 11.6 Å². The van der Waals surface area contributed by atoms with Gasteiger partial charge >= 0.3 is 5.97 Å². The lowest BCUT2D eigenvalue weighted by Gasteiger charge is -2.07. The van der Waals surface area contributed by atoms with E-state index in [1.165, 1.54) is 13.2 Å². The largest absolute Gasteiger partial charge is 0.496 e. The summed E-state index contributed by atoms with van der Waals surface area (Å²) in [5.41, 5.74) is 0.0431. The molecule has 1 rings (SSSR count). The molecule has 19 heavy (non-hydrogen) atoms. The first-order chi connectivity index (χ1) is 8.99. The van der Waals surface area contributed by atoms with Gasteiger partial charge in [0.2, 0.25) is 5.78 Å². The van der Waals surface area contributed by atoms with Crippen LogP contribution in [-0.2, 0) is 14.3 Å². The van der Waals surface area contributed by atoms with Gasteiger partial charge in [-0.1, -0.05) is 0 Å². The van der Waals surface area contributed by atoms with Crippen molar-refractivity contribution in [2.75, 3.05) is 13.7 Å². The SMILES string of the molecule is CCOC(=O)C(=O)CC(=O)c1ccc(F)cc1OC. The van der Waals surface area contributed by atoms with Gasteiger partial charge in [-0.15, -0.1) is 0 Å². The first-order valence-corrected chi connectivity index (χ1v) is 5.56. The first kappa shape index (κ1) is 14.8. The van der Waals surface area contributed by atoms with Crippen molar-refractivity contribution in [2.45, 2.75) is 13.3 Å². The Morgan fingerprint density at radius 2 is 1.95 bits per heavy atom. The van der Waals surface area contributed by atoms with Gasteiger partial charge in [-0.05, 0) is 19.1 Å². The van der Waals surface area contributed by atoms with E-state index in [4.69, 9.17) is 4.74 Å². The smallest absolute Gasteiger partial charge is 0.375 e. The van der Waals surface area contributed by atoms with Crippen LogP contribution in [0.15, 0.2) is 18.2 Å². The Morgan fingerprint density at radius 1 is 1.26 bits per heavy atom. The maximum atomic E-state index is 13.0. The zero-order chi connectivity index (χ0) is 14.4. The Balaban J connectivity index is 2.84. The van der Waals surface area contributed by atoms with Crippen molar-refractivity contribution in [3.63, 3.8) is 0 Å². The van der Waals surface area contributed by atoms with Gasteiger partial charge in [0.05, 0.1) is 25.7 Å². The monoisotopic (exact) mass is 268 g/mol. The number of carbonyl (C=O) groups is 3. The zero-order valence-electron chi connectivity index (χ0n) is 10.6.